The summed E-state index contributed by atoms with van der Waals surface area (Å²) in [5.41, 5.74) is -1.21. The summed E-state index contributed by atoms with van der Waals surface area (Å²) in [5.74, 6) is -1.37. The number of hydrogen-bond acceptors (Lipinski definition) is 8. The minimum absolute atomic E-state index is 0.0736. The molecule has 0 radical (unpaired) electrons. The van der Waals surface area contributed by atoms with Gasteiger partial charge in [-0.05, 0) is 65.0 Å². The van der Waals surface area contributed by atoms with Crippen LogP contribution in [0, 0.1) is 9.54 Å². The van der Waals surface area contributed by atoms with Crippen molar-refractivity contribution in [2.45, 2.75) is 12.8 Å². The molecule has 188 valence electrons. The molecule has 0 bridgehead atoms. The van der Waals surface area contributed by atoms with Crippen LogP contribution >= 0.6 is 40.4 Å². The Morgan fingerprint density at radius 2 is 1.37 bits per heavy atom. The molecule has 0 aliphatic rings. The van der Waals surface area contributed by atoms with E-state index in [2.05, 4.69) is 15.9 Å². The van der Waals surface area contributed by atoms with E-state index in [-0.39, 0.29) is 20.7 Å². The SMILES string of the molecule is CCOc1cc(C(c2c(O)n(C)c(=S)n(C)c2=O)c2c(O)n(C)c(=S)n(C)c2=O)cc(Br)c1OC. The van der Waals surface area contributed by atoms with Gasteiger partial charge in [0, 0.05) is 28.2 Å². The minimum atomic E-state index is -1.22. The van der Waals surface area contributed by atoms with Crippen LogP contribution in [-0.4, -0.2) is 42.2 Å². The highest BCUT2D eigenvalue weighted by molar-refractivity contribution is 9.10. The fourth-order valence-corrected chi connectivity index (χ4v) is 4.88. The van der Waals surface area contributed by atoms with E-state index in [1.807, 2.05) is 0 Å². The van der Waals surface area contributed by atoms with Crippen molar-refractivity contribution in [2.24, 2.45) is 28.2 Å². The van der Waals surface area contributed by atoms with E-state index in [9.17, 15) is 19.8 Å². The van der Waals surface area contributed by atoms with Crippen LogP contribution in [0.15, 0.2) is 26.2 Å². The lowest BCUT2D eigenvalue weighted by Gasteiger charge is -2.24. The highest BCUT2D eigenvalue weighted by Gasteiger charge is 2.33. The van der Waals surface area contributed by atoms with E-state index >= 15 is 0 Å². The van der Waals surface area contributed by atoms with Crippen molar-refractivity contribution < 1.29 is 19.7 Å². The molecular formula is C22H25BrN4O6S2. The predicted molar refractivity (Wildman–Crippen MR) is 139 cm³/mol. The third-order valence-corrected chi connectivity index (χ3v) is 7.47. The Bertz CT molecular complexity index is 1490. The summed E-state index contributed by atoms with van der Waals surface area (Å²) < 4.78 is 16.7. The van der Waals surface area contributed by atoms with Gasteiger partial charge in [0.1, 0.15) is 0 Å². The van der Waals surface area contributed by atoms with Gasteiger partial charge in [0.2, 0.25) is 11.8 Å². The zero-order chi connectivity index (χ0) is 26.4. The second-order valence-corrected chi connectivity index (χ2v) is 9.37. The molecule has 0 atom stereocenters. The number of hydrogen-bond donors (Lipinski definition) is 2. The molecule has 3 aromatic rings. The summed E-state index contributed by atoms with van der Waals surface area (Å²) in [6.45, 7) is 2.11. The number of aromatic nitrogens is 4. The molecule has 10 nitrogen and oxygen atoms in total. The number of benzene rings is 1. The molecule has 2 N–H and O–H groups in total. The van der Waals surface area contributed by atoms with E-state index in [0.717, 1.165) is 0 Å². The molecule has 0 spiro atoms. The molecule has 0 saturated carbocycles. The molecule has 3 rings (SSSR count). The lowest BCUT2D eigenvalue weighted by atomic mass is 9.86. The average Bonchev–Trinajstić information content (AvgIpc) is 2.83. The van der Waals surface area contributed by atoms with E-state index in [1.54, 1.807) is 19.1 Å². The number of aromatic hydroxyl groups is 2. The lowest BCUT2D eigenvalue weighted by molar-refractivity contribution is 0.309. The Balaban J connectivity index is 2.61. The van der Waals surface area contributed by atoms with Gasteiger partial charge in [-0.25, -0.2) is 0 Å². The third kappa shape index (κ3) is 4.32. The van der Waals surface area contributed by atoms with Gasteiger partial charge in [0.15, 0.2) is 21.0 Å². The second kappa shape index (κ2) is 9.99. The summed E-state index contributed by atoms with van der Waals surface area (Å²) in [6.07, 6.45) is 0. The fourth-order valence-electron chi connectivity index (χ4n) is 3.92. The van der Waals surface area contributed by atoms with Crippen molar-refractivity contribution in [2.75, 3.05) is 13.7 Å². The highest BCUT2D eigenvalue weighted by Crippen LogP contribution is 2.43. The van der Waals surface area contributed by atoms with Crippen LogP contribution in [0.1, 0.15) is 29.5 Å². The zero-order valence-electron chi connectivity index (χ0n) is 19.9. The summed E-state index contributed by atoms with van der Waals surface area (Å²) in [6, 6.07) is 3.23. The zero-order valence-corrected chi connectivity index (χ0v) is 23.2. The van der Waals surface area contributed by atoms with E-state index in [4.69, 9.17) is 33.9 Å². The smallest absolute Gasteiger partial charge is 0.262 e. The van der Waals surface area contributed by atoms with Crippen LogP contribution in [0.5, 0.6) is 23.3 Å². The first-order chi connectivity index (χ1) is 16.4. The topological polar surface area (TPSA) is 113 Å². The van der Waals surface area contributed by atoms with Gasteiger partial charge in [-0.2, -0.15) is 0 Å². The van der Waals surface area contributed by atoms with Crippen LogP contribution in [-0.2, 0) is 28.2 Å². The number of nitrogens with zero attached hydrogens (tertiary/aromatic N) is 4. The molecule has 0 fully saturated rings. The molecule has 2 aromatic heterocycles. The normalized spacial score (nSPS) is 11.2. The van der Waals surface area contributed by atoms with Crippen LogP contribution in [0.4, 0.5) is 0 Å². The third-order valence-electron chi connectivity index (χ3n) is 5.78. The summed E-state index contributed by atoms with van der Waals surface area (Å²) in [5, 5.41) is 22.2. The second-order valence-electron chi connectivity index (χ2n) is 7.79. The first-order valence-corrected chi connectivity index (χ1v) is 12.0. The summed E-state index contributed by atoms with van der Waals surface area (Å²) in [4.78, 5) is 26.9. The molecule has 13 heteroatoms. The lowest BCUT2D eigenvalue weighted by Crippen LogP contribution is -2.33. The van der Waals surface area contributed by atoms with Crippen LogP contribution in [0.3, 0.4) is 0 Å². The minimum Gasteiger partial charge on any atom is -0.494 e. The average molecular weight is 586 g/mol. The van der Waals surface area contributed by atoms with Crippen molar-refractivity contribution in [1.82, 2.24) is 18.3 Å². The van der Waals surface area contributed by atoms with Gasteiger partial charge in [0.25, 0.3) is 11.1 Å². The Hall–Kier alpha value is -2.90. The first kappa shape index (κ1) is 26.7. The Morgan fingerprint density at radius 3 is 1.77 bits per heavy atom. The van der Waals surface area contributed by atoms with E-state index in [1.165, 1.54) is 53.6 Å². The van der Waals surface area contributed by atoms with Gasteiger partial charge < -0.3 is 19.7 Å². The summed E-state index contributed by atoms with van der Waals surface area (Å²) in [7, 11) is 7.40. The predicted octanol–water partition coefficient (Wildman–Crippen LogP) is 2.98. The van der Waals surface area contributed by atoms with Gasteiger partial charge in [-0.15, -0.1) is 0 Å². The van der Waals surface area contributed by atoms with Crippen molar-refractivity contribution in [3.05, 3.63) is 63.5 Å². The van der Waals surface area contributed by atoms with Crippen LogP contribution < -0.4 is 20.6 Å². The molecule has 0 unspecified atom stereocenters. The molecule has 1 aromatic carbocycles. The molecule has 0 aliphatic heterocycles. The standard InChI is InChI=1S/C22H25BrN4O6S2/c1-7-33-12-9-10(8-11(23)16(12)32-6)13(14-17(28)24(2)21(34)25(3)18(14)29)15-19(30)26(4)22(35)27(5)20(15)31/h8-9,13,28,30H,7H2,1-6H3. The summed E-state index contributed by atoms with van der Waals surface area (Å²) >= 11 is 14.0. The highest BCUT2D eigenvalue weighted by atomic mass is 79.9. The molecule has 35 heavy (non-hydrogen) atoms. The van der Waals surface area contributed by atoms with Crippen LogP contribution in [0.2, 0.25) is 0 Å². The number of methoxy groups -OCH3 is 1. The van der Waals surface area contributed by atoms with Crippen molar-refractivity contribution in [3.63, 3.8) is 0 Å². The Morgan fingerprint density at radius 1 is 0.914 bits per heavy atom. The quantitative estimate of drug-likeness (QED) is 0.425. The Labute approximate surface area is 219 Å². The largest absolute Gasteiger partial charge is 0.494 e. The number of rotatable bonds is 6. The van der Waals surface area contributed by atoms with Crippen molar-refractivity contribution >= 4 is 40.4 Å². The van der Waals surface area contributed by atoms with Crippen molar-refractivity contribution in [1.29, 1.82) is 0 Å². The van der Waals surface area contributed by atoms with Gasteiger partial charge in [-0.1, -0.05) is 0 Å². The number of halogens is 1. The number of ether oxygens (including phenoxy) is 2. The maximum Gasteiger partial charge on any atom is 0.262 e. The van der Waals surface area contributed by atoms with Crippen LogP contribution in [0.25, 0.3) is 0 Å². The maximum atomic E-state index is 13.5. The Kier molecular flexibility index (Phi) is 7.62. The van der Waals surface area contributed by atoms with E-state index in [0.29, 0.717) is 28.1 Å². The fraction of sp³-hybridized carbons (Fsp3) is 0.364. The molecule has 0 amide bonds. The van der Waals surface area contributed by atoms with Gasteiger partial charge in [-0.3, -0.25) is 27.9 Å². The molecular weight excluding hydrogens is 560 g/mol. The molecule has 2 heterocycles. The molecule has 0 saturated heterocycles. The maximum absolute atomic E-state index is 13.5. The molecule has 0 aliphatic carbocycles. The first-order valence-electron chi connectivity index (χ1n) is 10.4. The monoisotopic (exact) mass is 584 g/mol. The van der Waals surface area contributed by atoms with E-state index < -0.39 is 28.8 Å². The van der Waals surface area contributed by atoms with Gasteiger partial charge >= 0.3 is 0 Å². The van der Waals surface area contributed by atoms with Gasteiger partial charge in [0.05, 0.1) is 35.2 Å². The van der Waals surface area contributed by atoms with Crippen molar-refractivity contribution in [3.8, 4) is 23.3 Å².